The molecule has 2 heteroatoms. The van der Waals surface area contributed by atoms with E-state index in [4.69, 9.17) is 0 Å². The van der Waals surface area contributed by atoms with Crippen LogP contribution in [0.4, 0.5) is 0 Å². The number of rotatable bonds is 2. The Kier molecular flexibility index (Phi) is 3.20. The summed E-state index contributed by atoms with van der Waals surface area (Å²) in [6.45, 7) is 6.30. The molecule has 88 valence electrons. The summed E-state index contributed by atoms with van der Waals surface area (Å²) in [6, 6.07) is 2.13. The lowest BCUT2D eigenvalue weighted by atomic mass is 9.72. The normalized spacial score (nSPS) is 19.7. The third kappa shape index (κ3) is 2.08. The van der Waals surface area contributed by atoms with E-state index in [2.05, 4.69) is 26.8 Å². The number of aryl methyl sites for hydroxylation is 2. The summed E-state index contributed by atoms with van der Waals surface area (Å²) in [5, 5.41) is 0. The van der Waals surface area contributed by atoms with E-state index in [-0.39, 0.29) is 5.41 Å². The van der Waals surface area contributed by atoms with Crippen molar-refractivity contribution in [3.8, 4) is 0 Å². The topological polar surface area (TPSA) is 17.1 Å². The highest BCUT2D eigenvalue weighted by Crippen LogP contribution is 2.40. The summed E-state index contributed by atoms with van der Waals surface area (Å²) in [6.07, 6.45) is 5.87. The lowest BCUT2D eigenvalue weighted by Gasteiger charge is -2.31. The minimum atomic E-state index is -0.0830. The van der Waals surface area contributed by atoms with E-state index in [1.807, 2.05) is 0 Å². The molecule has 1 fully saturated rings. The molecular weight excluding hydrogens is 216 g/mol. The summed E-state index contributed by atoms with van der Waals surface area (Å²) < 4.78 is 0. The number of carbonyl (C=O) groups excluding carboxylic acids is 1. The van der Waals surface area contributed by atoms with Gasteiger partial charge in [0.05, 0.1) is 4.88 Å². The van der Waals surface area contributed by atoms with Gasteiger partial charge in [-0.3, -0.25) is 4.79 Å². The van der Waals surface area contributed by atoms with E-state index < -0.39 is 0 Å². The molecule has 0 spiro atoms. The first-order chi connectivity index (χ1) is 7.53. The minimum absolute atomic E-state index is 0.0830. The lowest BCUT2D eigenvalue weighted by Crippen LogP contribution is -2.30. The van der Waals surface area contributed by atoms with Crippen LogP contribution < -0.4 is 0 Å². The molecule has 1 aliphatic rings. The molecule has 0 bridgehead atoms. The molecule has 1 aliphatic carbocycles. The zero-order valence-corrected chi connectivity index (χ0v) is 11.2. The van der Waals surface area contributed by atoms with Gasteiger partial charge in [0.15, 0.2) is 5.78 Å². The molecule has 1 nitrogen and oxygen atoms in total. The molecule has 16 heavy (non-hydrogen) atoms. The largest absolute Gasteiger partial charge is 0.293 e. The Morgan fingerprint density at radius 1 is 1.25 bits per heavy atom. The number of carbonyl (C=O) groups is 1. The van der Waals surface area contributed by atoms with Gasteiger partial charge in [-0.1, -0.05) is 26.2 Å². The van der Waals surface area contributed by atoms with Crippen LogP contribution in [-0.4, -0.2) is 5.78 Å². The third-order valence-electron chi connectivity index (χ3n) is 3.75. The molecule has 1 aromatic rings. The van der Waals surface area contributed by atoms with E-state index in [0.717, 1.165) is 17.7 Å². The van der Waals surface area contributed by atoms with E-state index >= 15 is 0 Å². The first-order valence-electron chi connectivity index (χ1n) is 6.15. The highest BCUT2D eigenvalue weighted by Gasteiger charge is 2.36. The Hall–Kier alpha value is -0.630. The van der Waals surface area contributed by atoms with Gasteiger partial charge in [-0.05, 0) is 38.3 Å². The fraction of sp³-hybridized carbons (Fsp3) is 0.643. The summed E-state index contributed by atoms with van der Waals surface area (Å²) in [7, 11) is 0. The number of hydrogen-bond acceptors (Lipinski definition) is 2. The molecule has 0 radical (unpaired) electrons. The Morgan fingerprint density at radius 3 is 2.38 bits per heavy atom. The van der Waals surface area contributed by atoms with Crippen molar-refractivity contribution in [2.45, 2.75) is 52.9 Å². The van der Waals surface area contributed by atoms with Gasteiger partial charge in [-0.25, -0.2) is 0 Å². The zero-order chi connectivity index (χ0) is 11.8. The van der Waals surface area contributed by atoms with Gasteiger partial charge in [-0.15, -0.1) is 11.3 Å². The number of Topliss-reactive ketones (excluding diaryl/α,β-unsaturated/α-hetero) is 1. The van der Waals surface area contributed by atoms with Crippen molar-refractivity contribution in [1.82, 2.24) is 0 Å². The summed E-state index contributed by atoms with van der Waals surface area (Å²) >= 11 is 1.67. The Morgan fingerprint density at radius 2 is 1.88 bits per heavy atom. The molecule has 2 rings (SSSR count). The van der Waals surface area contributed by atoms with E-state index in [1.54, 1.807) is 11.3 Å². The van der Waals surface area contributed by atoms with Crippen LogP contribution in [0, 0.1) is 19.3 Å². The van der Waals surface area contributed by atoms with Crippen molar-refractivity contribution in [2.75, 3.05) is 0 Å². The van der Waals surface area contributed by atoms with Crippen LogP contribution in [0.15, 0.2) is 6.07 Å². The number of thiophene rings is 1. The Bertz CT molecular complexity index is 397. The molecule has 0 aliphatic heterocycles. The van der Waals surface area contributed by atoms with Gasteiger partial charge in [0.2, 0.25) is 0 Å². The van der Waals surface area contributed by atoms with Crippen molar-refractivity contribution >= 4 is 17.1 Å². The van der Waals surface area contributed by atoms with E-state index in [1.165, 1.54) is 29.7 Å². The van der Waals surface area contributed by atoms with Crippen molar-refractivity contribution in [3.05, 3.63) is 21.4 Å². The smallest absolute Gasteiger partial charge is 0.178 e. The standard InChI is InChI=1S/C14H20OS/c1-10-9-11(2)16-12(10)13(15)14(3)7-5-4-6-8-14/h9H,4-8H2,1-3H3. The van der Waals surface area contributed by atoms with Crippen molar-refractivity contribution in [3.63, 3.8) is 0 Å². The lowest BCUT2D eigenvalue weighted by molar-refractivity contribution is 0.0753. The fourth-order valence-electron chi connectivity index (χ4n) is 2.70. The number of ketones is 1. The molecule has 0 saturated heterocycles. The summed E-state index contributed by atoms with van der Waals surface area (Å²) in [5.74, 6) is 0.391. The van der Waals surface area contributed by atoms with Crippen LogP contribution >= 0.6 is 11.3 Å². The summed E-state index contributed by atoms with van der Waals surface area (Å²) in [4.78, 5) is 14.8. The maximum absolute atomic E-state index is 12.6. The van der Waals surface area contributed by atoms with Crippen LogP contribution in [0.2, 0.25) is 0 Å². The Labute approximate surface area is 102 Å². The molecule has 0 N–H and O–H groups in total. The molecule has 1 aromatic heterocycles. The zero-order valence-electron chi connectivity index (χ0n) is 10.4. The fourth-order valence-corrected chi connectivity index (χ4v) is 3.82. The molecule has 0 amide bonds. The van der Waals surface area contributed by atoms with Gasteiger partial charge in [0, 0.05) is 10.3 Å². The predicted octanol–water partition coefficient (Wildman–Crippen LogP) is 4.52. The Balaban J connectivity index is 2.27. The van der Waals surface area contributed by atoms with Crippen LogP contribution in [0.3, 0.4) is 0 Å². The quantitative estimate of drug-likeness (QED) is 0.690. The van der Waals surface area contributed by atoms with Crippen LogP contribution in [-0.2, 0) is 0 Å². The molecule has 0 aromatic carbocycles. The SMILES string of the molecule is Cc1cc(C)c(C(=O)C2(C)CCCCC2)s1. The number of hydrogen-bond donors (Lipinski definition) is 0. The van der Waals surface area contributed by atoms with Crippen molar-refractivity contribution in [1.29, 1.82) is 0 Å². The monoisotopic (exact) mass is 236 g/mol. The molecule has 0 atom stereocenters. The maximum Gasteiger partial charge on any atom is 0.178 e. The summed E-state index contributed by atoms with van der Waals surface area (Å²) in [5.41, 5.74) is 1.08. The van der Waals surface area contributed by atoms with Crippen molar-refractivity contribution < 1.29 is 4.79 Å². The van der Waals surface area contributed by atoms with Gasteiger partial charge in [0.25, 0.3) is 0 Å². The average Bonchev–Trinajstić information content (AvgIpc) is 2.58. The highest BCUT2D eigenvalue weighted by atomic mass is 32.1. The van der Waals surface area contributed by atoms with Gasteiger partial charge < -0.3 is 0 Å². The van der Waals surface area contributed by atoms with Crippen LogP contribution in [0.1, 0.15) is 59.1 Å². The van der Waals surface area contributed by atoms with Crippen LogP contribution in [0.25, 0.3) is 0 Å². The predicted molar refractivity (Wildman–Crippen MR) is 69.3 cm³/mol. The maximum atomic E-state index is 12.6. The van der Waals surface area contributed by atoms with E-state index in [0.29, 0.717) is 5.78 Å². The molecule has 0 unspecified atom stereocenters. The molecular formula is C14H20OS. The van der Waals surface area contributed by atoms with Gasteiger partial charge in [0.1, 0.15) is 0 Å². The molecule has 1 saturated carbocycles. The van der Waals surface area contributed by atoms with E-state index in [9.17, 15) is 4.79 Å². The second kappa shape index (κ2) is 4.33. The first-order valence-corrected chi connectivity index (χ1v) is 6.96. The van der Waals surface area contributed by atoms with Gasteiger partial charge in [-0.2, -0.15) is 0 Å². The average molecular weight is 236 g/mol. The van der Waals surface area contributed by atoms with Crippen molar-refractivity contribution in [2.24, 2.45) is 5.41 Å². The third-order valence-corrected chi connectivity index (χ3v) is 4.90. The first kappa shape index (κ1) is 11.8. The van der Waals surface area contributed by atoms with Crippen LogP contribution in [0.5, 0.6) is 0 Å². The minimum Gasteiger partial charge on any atom is -0.293 e. The molecule has 1 heterocycles. The second-order valence-electron chi connectivity index (χ2n) is 5.32. The second-order valence-corrected chi connectivity index (χ2v) is 6.58. The highest BCUT2D eigenvalue weighted by molar-refractivity contribution is 7.14. The van der Waals surface area contributed by atoms with Gasteiger partial charge >= 0.3 is 0 Å².